The fourth-order valence-corrected chi connectivity index (χ4v) is 7.19. The first kappa shape index (κ1) is 16.7. The average molecular weight is 297 g/mol. The minimum absolute atomic E-state index is 0.886. The van der Waals surface area contributed by atoms with Gasteiger partial charge in [-0.3, -0.25) is 0 Å². The van der Waals surface area contributed by atoms with Gasteiger partial charge >= 0.3 is 0 Å². The highest BCUT2D eigenvalue weighted by molar-refractivity contribution is 8.00. The lowest BCUT2D eigenvalue weighted by Gasteiger charge is -2.47. The van der Waals surface area contributed by atoms with Crippen molar-refractivity contribution in [2.24, 2.45) is 41.4 Å². The van der Waals surface area contributed by atoms with E-state index in [1.54, 1.807) is 0 Å². The van der Waals surface area contributed by atoms with Crippen LogP contribution in [0.3, 0.4) is 0 Å². The summed E-state index contributed by atoms with van der Waals surface area (Å²) in [4.78, 5) is 0. The zero-order chi connectivity index (χ0) is 15.0. The highest BCUT2D eigenvalue weighted by Gasteiger charge is 2.41. The molecule has 2 rings (SSSR count). The third kappa shape index (κ3) is 3.39. The van der Waals surface area contributed by atoms with E-state index in [0.29, 0.717) is 0 Å². The Labute approximate surface area is 131 Å². The molecule has 6 atom stereocenters. The van der Waals surface area contributed by atoms with Crippen LogP contribution in [-0.2, 0) is 0 Å². The molecule has 2 aliphatic rings. The van der Waals surface area contributed by atoms with Crippen molar-refractivity contribution >= 4 is 11.8 Å². The maximum Gasteiger partial charge on any atom is 0.0106 e. The Hall–Kier alpha value is 0.350. The maximum atomic E-state index is 2.52. The summed E-state index contributed by atoms with van der Waals surface area (Å²) < 4.78 is 0. The van der Waals surface area contributed by atoms with Crippen molar-refractivity contribution in [2.75, 3.05) is 0 Å². The van der Waals surface area contributed by atoms with E-state index in [1.807, 2.05) is 0 Å². The molecule has 2 saturated carbocycles. The van der Waals surface area contributed by atoms with Crippen molar-refractivity contribution in [3.05, 3.63) is 0 Å². The number of hydrogen-bond acceptors (Lipinski definition) is 1. The van der Waals surface area contributed by atoms with E-state index in [-0.39, 0.29) is 0 Å². The van der Waals surface area contributed by atoms with Crippen LogP contribution in [0.1, 0.15) is 67.7 Å². The van der Waals surface area contributed by atoms with Crippen molar-refractivity contribution in [3.63, 3.8) is 0 Å². The third-order valence-corrected chi connectivity index (χ3v) is 8.98. The van der Waals surface area contributed by atoms with E-state index >= 15 is 0 Å². The van der Waals surface area contributed by atoms with Crippen LogP contribution < -0.4 is 0 Å². The molecule has 0 aliphatic heterocycles. The Balaban J connectivity index is 2.06. The molecule has 0 heterocycles. The van der Waals surface area contributed by atoms with Crippen molar-refractivity contribution in [1.29, 1.82) is 0 Å². The van der Waals surface area contributed by atoms with Gasteiger partial charge in [0.15, 0.2) is 0 Å². The second kappa shape index (κ2) is 6.63. The van der Waals surface area contributed by atoms with Gasteiger partial charge in [0.1, 0.15) is 0 Å². The van der Waals surface area contributed by atoms with Crippen LogP contribution in [0.15, 0.2) is 0 Å². The molecule has 6 unspecified atom stereocenters. The van der Waals surface area contributed by atoms with Crippen LogP contribution in [0.25, 0.3) is 0 Å². The first-order valence-electron chi connectivity index (χ1n) is 8.96. The number of hydrogen-bond donors (Lipinski definition) is 0. The molecule has 0 bridgehead atoms. The van der Waals surface area contributed by atoms with Crippen molar-refractivity contribution < 1.29 is 0 Å². The molecule has 2 fully saturated rings. The monoisotopic (exact) mass is 296 g/mol. The van der Waals surface area contributed by atoms with Crippen LogP contribution in [0.2, 0.25) is 0 Å². The Morgan fingerprint density at radius 2 is 1.00 bits per heavy atom. The van der Waals surface area contributed by atoms with Gasteiger partial charge in [-0.15, -0.1) is 0 Å². The first-order chi connectivity index (χ1) is 9.31. The first-order valence-corrected chi connectivity index (χ1v) is 9.91. The molecule has 2 aliphatic carbocycles. The molecule has 118 valence electrons. The molecular weight excluding hydrogens is 260 g/mol. The molecule has 0 radical (unpaired) electrons. The molecule has 1 heteroatoms. The van der Waals surface area contributed by atoms with Crippen molar-refractivity contribution in [1.82, 2.24) is 0 Å². The van der Waals surface area contributed by atoms with Crippen LogP contribution in [0.5, 0.6) is 0 Å². The van der Waals surface area contributed by atoms with Gasteiger partial charge in [0.2, 0.25) is 0 Å². The lowest BCUT2D eigenvalue weighted by Crippen LogP contribution is -2.41. The summed E-state index contributed by atoms with van der Waals surface area (Å²) in [5.41, 5.74) is 0. The van der Waals surface area contributed by atoms with E-state index in [4.69, 9.17) is 0 Å². The molecule has 0 spiro atoms. The Bertz CT molecular complexity index is 287. The van der Waals surface area contributed by atoms with Crippen LogP contribution in [0.4, 0.5) is 0 Å². The van der Waals surface area contributed by atoms with Gasteiger partial charge < -0.3 is 0 Å². The Morgan fingerprint density at radius 1 is 0.550 bits per heavy atom. The molecule has 0 aromatic heterocycles. The van der Waals surface area contributed by atoms with Crippen molar-refractivity contribution in [2.45, 2.75) is 78.2 Å². The Kier molecular flexibility index (Phi) is 5.54. The summed E-state index contributed by atoms with van der Waals surface area (Å²) in [7, 11) is 0. The van der Waals surface area contributed by atoms with Gasteiger partial charge in [-0.1, -0.05) is 48.5 Å². The number of thioether (sulfide) groups is 1. The minimum Gasteiger partial charge on any atom is -0.154 e. The lowest BCUT2D eigenvalue weighted by atomic mass is 9.70. The van der Waals surface area contributed by atoms with Crippen LogP contribution >= 0.6 is 11.8 Å². The van der Waals surface area contributed by atoms with E-state index in [1.165, 1.54) is 19.3 Å². The number of rotatable bonds is 2. The van der Waals surface area contributed by atoms with Gasteiger partial charge in [0, 0.05) is 10.5 Å². The summed E-state index contributed by atoms with van der Waals surface area (Å²) in [6, 6.07) is 0. The average Bonchev–Trinajstić information content (AvgIpc) is 2.34. The molecule has 0 N–H and O–H groups in total. The van der Waals surface area contributed by atoms with E-state index < -0.39 is 0 Å². The second-order valence-corrected chi connectivity index (χ2v) is 9.87. The SMILES string of the molecule is CC1CC(C)C(SC2C(C)C(C)CC(C)C2C)C(C)C1. The summed E-state index contributed by atoms with van der Waals surface area (Å²) in [5.74, 6) is 6.36. The summed E-state index contributed by atoms with van der Waals surface area (Å²) >= 11 is 2.38. The molecule has 0 saturated heterocycles. The predicted molar refractivity (Wildman–Crippen MR) is 93.2 cm³/mol. The lowest BCUT2D eigenvalue weighted by molar-refractivity contribution is 0.163. The fraction of sp³-hybridized carbons (Fsp3) is 1.00. The zero-order valence-electron chi connectivity index (χ0n) is 14.7. The highest BCUT2D eigenvalue weighted by Crippen LogP contribution is 2.49. The molecule has 0 aromatic carbocycles. The molecule has 20 heavy (non-hydrogen) atoms. The highest BCUT2D eigenvalue weighted by atomic mass is 32.2. The molecule has 0 amide bonds. The maximum absolute atomic E-state index is 2.52. The van der Waals surface area contributed by atoms with E-state index in [2.05, 4.69) is 60.2 Å². The van der Waals surface area contributed by atoms with E-state index in [9.17, 15) is 0 Å². The van der Waals surface area contributed by atoms with Gasteiger partial charge in [0.05, 0.1) is 0 Å². The van der Waals surface area contributed by atoms with Gasteiger partial charge in [-0.2, -0.15) is 11.8 Å². The largest absolute Gasteiger partial charge is 0.154 e. The quantitative estimate of drug-likeness (QED) is 0.592. The minimum atomic E-state index is 0.886. The predicted octanol–water partition coefficient (Wildman–Crippen LogP) is 6.11. The van der Waals surface area contributed by atoms with Crippen molar-refractivity contribution in [3.8, 4) is 0 Å². The summed E-state index contributed by atoms with van der Waals surface area (Å²) in [6.07, 6.45) is 4.33. The van der Waals surface area contributed by atoms with Crippen LogP contribution in [0, 0.1) is 41.4 Å². The normalized spacial score (nSPS) is 53.9. The second-order valence-electron chi connectivity index (χ2n) is 8.50. The standard InChI is InChI=1S/C19H36S/c1-11-8-14(4)18(15(5)9-11)20-19-16(6)12(2)10-13(3)17(19)7/h11-19H,8-10H2,1-7H3. The van der Waals surface area contributed by atoms with Gasteiger partial charge in [0.25, 0.3) is 0 Å². The van der Waals surface area contributed by atoms with Gasteiger partial charge in [-0.25, -0.2) is 0 Å². The summed E-state index contributed by atoms with van der Waals surface area (Å²) in [6.45, 7) is 17.5. The molecule has 0 aromatic rings. The summed E-state index contributed by atoms with van der Waals surface area (Å²) in [5, 5.41) is 1.79. The fourth-order valence-electron chi connectivity index (χ4n) is 5.03. The smallest absolute Gasteiger partial charge is 0.0106 e. The van der Waals surface area contributed by atoms with Gasteiger partial charge in [-0.05, 0) is 60.7 Å². The van der Waals surface area contributed by atoms with E-state index in [0.717, 1.165) is 51.9 Å². The zero-order valence-corrected chi connectivity index (χ0v) is 15.5. The molecule has 0 nitrogen and oxygen atoms in total. The molecular formula is C19H36S. The topological polar surface area (TPSA) is 0 Å². The Morgan fingerprint density at radius 3 is 1.45 bits per heavy atom. The van der Waals surface area contributed by atoms with Crippen LogP contribution in [-0.4, -0.2) is 10.5 Å². The third-order valence-electron chi connectivity index (χ3n) is 6.56.